The molecule has 0 aromatic rings. The first kappa shape index (κ1) is 11.4. The molecule has 2 aliphatic heterocycles. The van der Waals surface area contributed by atoms with E-state index in [1.54, 1.807) is 0 Å². The first-order valence-electron chi connectivity index (χ1n) is 6.56. The van der Waals surface area contributed by atoms with Gasteiger partial charge < -0.3 is 5.32 Å². The van der Waals surface area contributed by atoms with Crippen LogP contribution in [-0.4, -0.2) is 36.6 Å². The average molecular weight is 210 g/mol. The Kier molecular flexibility index (Phi) is 3.36. The Bertz CT molecular complexity index is 203. The summed E-state index contributed by atoms with van der Waals surface area (Å²) in [7, 11) is 0. The molecular formula is C13H26N2. The standard InChI is InChI=1S/C13H26N2/c1-11-12(5-4-8-14-11)15-9-6-13(2,3)7-10-15/h11-12,14H,4-10H2,1-3H3. The lowest BCUT2D eigenvalue weighted by Gasteiger charge is -2.44. The van der Waals surface area contributed by atoms with Gasteiger partial charge in [-0.05, 0) is 57.7 Å². The molecule has 2 atom stereocenters. The molecule has 2 unspecified atom stereocenters. The van der Waals surface area contributed by atoms with E-state index in [9.17, 15) is 0 Å². The Morgan fingerprint density at radius 3 is 2.47 bits per heavy atom. The lowest BCUT2D eigenvalue weighted by atomic mass is 9.81. The molecule has 2 fully saturated rings. The third kappa shape index (κ3) is 2.73. The second kappa shape index (κ2) is 4.42. The van der Waals surface area contributed by atoms with Crippen LogP contribution in [0.4, 0.5) is 0 Å². The van der Waals surface area contributed by atoms with Gasteiger partial charge in [-0.25, -0.2) is 0 Å². The van der Waals surface area contributed by atoms with Crippen molar-refractivity contribution in [1.82, 2.24) is 10.2 Å². The summed E-state index contributed by atoms with van der Waals surface area (Å²) in [5.74, 6) is 0. The van der Waals surface area contributed by atoms with Crippen molar-refractivity contribution in [1.29, 1.82) is 0 Å². The molecule has 0 spiro atoms. The van der Waals surface area contributed by atoms with E-state index in [-0.39, 0.29) is 0 Å². The maximum atomic E-state index is 3.61. The third-order valence-corrected chi connectivity index (χ3v) is 4.34. The number of hydrogen-bond acceptors (Lipinski definition) is 2. The first-order valence-corrected chi connectivity index (χ1v) is 6.56. The summed E-state index contributed by atoms with van der Waals surface area (Å²) in [6.45, 7) is 11.0. The quantitative estimate of drug-likeness (QED) is 0.714. The van der Waals surface area contributed by atoms with Gasteiger partial charge in [-0.3, -0.25) is 4.90 Å². The van der Waals surface area contributed by atoms with Crippen LogP contribution in [0.25, 0.3) is 0 Å². The Hall–Kier alpha value is -0.0800. The SMILES string of the molecule is CC1NCCCC1N1CCC(C)(C)CC1. The maximum absolute atomic E-state index is 3.61. The molecule has 2 saturated heterocycles. The average Bonchev–Trinajstić information content (AvgIpc) is 2.19. The van der Waals surface area contributed by atoms with Crippen LogP contribution in [0.1, 0.15) is 46.5 Å². The van der Waals surface area contributed by atoms with Gasteiger partial charge in [-0.1, -0.05) is 13.8 Å². The molecule has 2 nitrogen and oxygen atoms in total. The van der Waals surface area contributed by atoms with E-state index >= 15 is 0 Å². The second-order valence-corrected chi connectivity index (χ2v) is 6.15. The van der Waals surface area contributed by atoms with Crippen molar-refractivity contribution in [3.05, 3.63) is 0 Å². The van der Waals surface area contributed by atoms with Crippen LogP contribution in [0.15, 0.2) is 0 Å². The summed E-state index contributed by atoms with van der Waals surface area (Å²) >= 11 is 0. The van der Waals surface area contributed by atoms with Crippen molar-refractivity contribution in [2.45, 2.75) is 58.5 Å². The first-order chi connectivity index (χ1) is 7.08. The van der Waals surface area contributed by atoms with Crippen molar-refractivity contribution in [2.24, 2.45) is 5.41 Å². The van der Waals surface area contributed by atoms with E-state index in [0.29, 0.717) is 11.5 Å². The zero-order valence-electron chi connectivity index (χ0n) is 10.6. The fraction of sp³-hybridized carbons (Fsp3) is 1.00. The molecule has 1 N–H and O–H groups in total. The molecule has 2 aliphatic rings. The molecule has 15 heavy (non-hydrogen) atoms. The maximum Gasteiger partial charge on any atom is 0.0247 e. The van der Waals surface area contributed by atoms with E-state index in [1.165, 1.54) is 45.3 Å². The number of nitrogens with one attached hydrogen (secondary N) is 1. The highest BCUT2D eigenvalue weighted by Crippen LogP contribution is 2.32. The zero-order valence-corrected chi connectivity index (χ0v) is 10.6. The van der Waals surface area contributed by atoms with Crippen molar-refractivity contribution in [3.63, 3.8) is 0 Å². The zero-order chi connectivity index (χ0) is 10.9. The van der Waals surface area contributed by atoms with Gasteiger partial charge in [-0.15, -0.1) is 0 Å². The van der Waals surface area contributed by atoms with Crippen LogP contribution in [0.3, 0.4) is 0 Å². The highest BCUT2D eigenvalue weighted by Gasteiger charge is 2.32. The molecule has 2 heteroatoms. The minimum Gasteiger partial charge on any atom is -0.313 e. The molecule has 0 saturated carbocycles. The second-order valence-electron chi connectivity index (χ2n) is 6.15. The van der Waals surface area contributed by atoms with Crippen LogP contribution in [0.2, 0.25) is 0 Å². The van der Waals surface area contributed by atoms with Gasteiger partial charge in [0.25, 0.3) is 0 Å². The van der Waals surface area contributed by atoms with E-state index < -0.39 is 0 Å². The molecule has 0 amide bonds. The summed E-state index contributed by atoms with van der Waals surface area (Å²) in [4.78, 5) is 2.72. The van der Waals surface area contributed by atoms with Crippen LogP contribution < -0.4 is 5.32 Å². The summed E-state index contributed by atoms with van der Waals surface area (Å²) in [6, 6.07) is 1.50. The number of nitrogens with zero attached hydrogens (tertiary/aromatic N) is 1. The highest BCUT2D eigenvalue weighted by molar-refractivity contribution is 4.89. The number of piperidine rings is 2. The summed E-state index contributed by atoms with van der Waals surface area (Å²) in [6.07, 6.45) is 5.50. The summed E-state index contributed by atoms with van der Waals surface area (Å²) < 4.78 is 0. The van der Waals surface area contributed by atoms with Gasteiger partial charge >= 0.3 is 0 Å². The van der Waals surface area contributed by atoms with Crippen molar-refractivity contribution < 1.29 is 0 Å². The number of rotatable bonds is 1. The molecular weight excluding hydrogens is 184 g/mol. The van der Waals surface area contributed by atoms with E-state index in [0.717, 1.165) is 6.04 Å². The van der Waals surface area contributed by atoms with E-state index in [2.05, 4.69) is 31.0 Å². The van der Waals surface area contributed by atoms with Crippen LogP contribution in [0, 0.1) is 5.41 Å². The lowest BCUT2D eigenvalue weighted by Crippen LogP contribution is -2.54. The van der Waals surface area contributed by atoms with Crippen LogP contribution in [0.5, 0.6) is 0 Å². The minimum absolute atomic E-state index is 0.585. The summed E-state index contributed by atoms with van der Waals surface area (Å²) in [5.41, 5.74) is 0.585. The van der Waals surface area contributed by atoms with Crippen molar-refractivity contribution in [2.75, 3.05) is 19.6 Å². The molecule has 88 valence electrons. The normalized spacial score (nSPS) is 37.8. The lowest BCUT2D eigenvalue weighted by molar-refractivity contribution is 0.0646. The van der Waals surface area contributed by atoms with Crippen molar-refractivity contribution >= 4 is 0 Å². The molecule has 0 aliphatic carbocycles. The highest BCUT2D eigenvalue weighted by atomic mass is 15.2. The monoisotopic (exact) mass is 210 g/mol. The molecule has 2 rings (SSSR count). The van der Waals surface area contributed by atoms with E-state index in [4.69, 9.17) is 0 Å². The minimum atomic E-state index is 0.585. The fourth-order valence-corrected chi connectivity index (χ4v) is 2.99. The predicted molar refractivity (Wildman–Crippen MR) is 65.1 cm³/mol. The summed E-state index contributed by atoms with van der Waals surface area (Å²) in [5, 5.41) is 3.61. The molecule has 0 bridgehead atoms. The molecule has 0 radical (unpaired) electrons. The number of hydrogen-bond donors (Lipinski definition) is 1. The van der Waals surface area contributed by atoms with Gasteiger partial charge in [0.2, 0.25) is 0 Å². The Morgan fingerprint density at radius 2 is 1.87 bits per heavy atom. The Balaban J connectivity index is 1.89. The van der Waals surface area contributed by atoms with E-state index in [1.807, 2.05) is 0 Å². The topological polar surface area (TPSA) is 15.3 Å². The van der Waals surface area contributed by atoms with Gasteiger partial charge in [0.15, 0.2) is 0 Å². The third-order valence-electron chi connectivity index (χ3n) is 4.34. The molecule has 2 heterocycles. The predicted octanol–water partition coefficient (Wildman–Crippen LogP) is 2.25. The van der Waals surface area contributed by atoms with Gasteiger partial charge in [0.1, 0.15) is 0 Å². The molecule has 0 aromatic carbocycles. The van der Waals surface area contributed by atoms with Gasteiger partial charge in [0, 0.05) is 12.1 Å². The van der Waals surface area contributed by atoms with Crippen molar-refractivity contribution in [3.8, 4) is 0 Å². The van der Waals surface area contributed by atoms with Crippen LogP contribution >= 0.6 is 0 Å². The van der Waals surface area contributed by atoms with Crippen LogP contribution in [-0.2, 0) is 0 Å². The largest absolute Gasteiger partial charge is 0.313 e. The fourth-order valence-electron chi connectivity index (χ4n) is 2.99. The van der Waals surface area contributed by atoms with Gasteiger partial charge in [0.05, 0.1) is 0 Å². The van der Waals surface area contributed by atoms with Gasteiger partial charge in [-0.2, -0.15) is 0 Å². The number of likely N-dealkylation sites (tertiary alicyclic amines) is 1. The Labute approximate surface area is 94.4 Å². The smallest absolute Gasteiger partial charge is 0.0247 e. The Morgan fingerprint density at radius 1 is 1.20 bits per heavy atom. The molecule has 0 aromatic heterocycles.